The first kappa shape index (κ1) is 15.6. The summed E-state index contributed by atoms with van der Waals surface area (Å²) in [7, 11) is 0. The number of anilines is 1. The van der Waals surface area contributed by atoms with E-state index in [9.17, 15) is 10.4 Å². The van der Waals surface area contributed by atoms with Crippen molar-refractivity contribution >= 4 is 16.7 Å². The molecule has 1 aromatic carbocycles. The number of benzene rings is 1. The molecule has 3 heterocycles. The number of hydrogen-bond donors (Lipinski definition) is 1. The molecule has 0 amide bonds. The molecule has 5 nitrogen and oxygen atoms in total. The molecule has 124 valence electrons. The number of rotatable bonds is 2. The zero-order valence-electron chi connectivity index (χ0n) is 13.8. The quantitative estimate of drug-likeness (QED) is 0.781. The molecule has 1 saturated heterocycles. The molecule has 0 aliphatic carbocycles. The Hall–Kier alpha value is -2.97. The van der Waals surface area contributed by atoms with E-state index in [1.165, 1.54) is 0 Å². The summed E-state index contributed by atoms with van der Waals surface area (Å²) in [5.41, 5.74) is 3.12. The predicted octanol–water partition coefficient (Wildman–Crippen LogP) is 3.13. The molecular weight excluding hydrogens is 312 g/mol. The lowest BCUT2D eigenvalue weighted by Crippen LogP contribution is -2.36. The van der Waals surface area contributed by atoms with Gasteiger partial charge in [0.1, 0.15) is 5.82 Å². The second-order valence-corrected chi connectivity index (χ2v) is 6.32. The second kappa shape index (κ2) is 6.50. The van der Waals surface area contributed by atoms with Crippen LogP contribution in [0.1, 0.15) is 18.4 Å². The number of aromatic nitrogens is 2. The molecule has 3 aromatic rings. The van der Waals surface area contributed by atoms with E-state index in [-0.39, 0.29) is 6.10 Å². The van der Waals surface area contributed by atoms with Gasteiger partial charge in [-0.25, -0.2) is 4.98 Å². The van der Waals surface area contributed by atoms with Gasteiger partial charge in [-0.15, -0.1) is 0 Å². The highest BCUT2D eigenvalue weighted by atomic mass is 16.3. The lowest BCUT2D eigenvalue weighted by atomic mass is 10.0. The van der Waals surface area contributed by atoms with E-state index < -0.39 is 0 Å². The summed E-state index contributed by atoms with van der Waals surface area (Å²) >= 11 is 0. The van der Waals surface area contributed by atoms with E-state index in [4.69, 9.17) is 4.98 Å². The molecule has 1 N–H and O–H groups in total. The lowest BCUT2D eigenvalue weighted by molar-refractivity contribution is 0.145. The SMILES string of the molecule is N#Cc1cccc(-c2nc(N3CCC(O)CC3)cc3cccnc23)c1. The Bertz CT molecular complexity index is 955. The van der Waals surface area contributed by atoms with E-state index >= 15 is 0 Å². The van der Waals surface area contributed by atoms with Crippen LogP contribution >= 0.6 is 0 Å². The van der Waals surface area contributed by atoms with Crippen LogP contribution in [-0.4, -0.2) is 34.3 Å². The molecule has 5 heteroatoms. The monoisotopic (exact) mass is 330 g/mol. The van der Waals surface area contributed by atoms with Crippen LogP contribution in [0.5, 0.6) is 0 Å². The Balaban J connectivity index is 1.86. The molecule has 0 unspecified atom stereocenters. The van der Waals surface area contributed by atoms with E-state index in [0.717, 1.165) is 53.9 Å². The van der Waals surface area contributed by atoms with Gasteiger partial charge in [-0.2, -0.15) is 5.26 Å². The topological polar surface area (TPSA) is 73.0 Å². The number of hydrogen-bond acceptors (Lipinski definition) is 5. The number of pyridine rings is 2. The van der Waals surface area contributed by atoms with Gasteiger partial charge in [0, 0.05) is 30.2 Å². The minimum Gasteiger partial charge on any atom is -0.393 e. The molecule has 0 spiro atoms. The van der Waals surface area contributed by atoms with Gasteiger partial charge in [0.05, 0.1) is 28.9 Å². The van der Waals surface area contributed by atoms with Gasteiger partial charge in [-0.05, 0) is 37.1 Å². The Kier molecular flexibility index (Phi) is 4.04. The van der Waals surface area contributed by atoms with Gasteiger partial charge in [0.2, 0.25) is 0 Å². The molecule has 0 radical (unpaired) electrons. The number of nitrogens with zero attached hydrogens (tertiary/aromatic N) is 4. The molecule has 1 aliphatic heterocycles. The van der Waals surface area contributed by atoms with Crippen molar-refractivity contribution < 1.29 is 5.11 Å². The van der Waals surface area contributed by atoms with Crippen LogP contribution in [0.25, 0.3) is 22.2 Å². The third-order valence-electron chi connectivity index (χ3n) is 4.63. The first-order chi connectivity index (χ1) is 12.2. The Morgan fingerprint density at radius 1 is 1.12 bits per heavy atom. The Morgan fingerprint density at radius 2 is 1.96 bits per heavy atom. The van der Waals surface area contributed by atoms with Crippen LogP contribution in [0.4, 0.5) is 5.82 Å². The van der Waals surface area contributed by atoms with E-state index in [1.807, 2.05) is 30.3 Å². The second-order valence-electron chi connectivity index (χ2n) is 6.32. The molecule has 25 heavy (non-hydrogen) atoms. The Labute approximate surface area is 146 Å². The van der Waals surface area contributed by atoms with Crippen molar-refractivity contribution in [1.82, 2.24) is 9.97 Å². The van der Waals surface area contributed by atoms with Crippen molar-refractivity contribution in [3.05, 3.63) is 54.2 Å². The molecular formula is C20H18N4O. The fourth-order valence-electron chi connectivity index (χ4n) is 3.27. The van der Waals surface area contributed by atoms with Gasteiger partial charge >= 0.3 is 0 Å². The number of piperidine rings is 1. The number of fused-ring (bicyclic) bond motifs is 1. The van der Waals surface area contributed by atoms with Gasteiger partial charge in [0.25, 0.3) is 0 Å². The third kappa shape index (κ3) is 3.04. The first-order valence-electron chi connectivity index (χ1n) is 8.44. The van der Waals surface area contributed by atoms with Crippen molar-refractivity contribution in [2.45, 2.75) is 18.9 Å². The van der Waals surface area contributed by atoms with Crippen LogP contribution in [-0.2, 0) is 0 Å². The van der Waals surface area contributed by atoms with Crippen LogP contribution in [0.2, 0.25) is 0 Å². The normalized spacial score (nSPS) is 15.3. The maximum atomic E-state index is 9.75. The number of aliphatic hydroxyl groups is 1. The zero-order chi connectivity index (χ0) is 17.2. The minimum absolute atomic E-state index is 0.217. The molecule has 2 aromatic heterocycles. The summed E-state index contributed by atoms with van der Waals surface area (Å²) in [5.74, 6) is 0.893. The summed E-state index contributed by atoms with van der Waals surface area (Å²) < 4.78 is 0. The van der Waals surface area contributed by atoms with E-state index in [0.29, 0.717) is 5.56 Å². The summed E-state index contributed by atoms with van der Waals surface area (Å²) in [5, 5.41) is 20.0. The average molecular weight is 330 g/mol. The van der Waals surface area contributed by atoms with Gasteiger partial charge < -0.3 is 10.0 Å². The molecule has 0 atom stereocenters. The molecule has 1 aliphatic rings. The summed E-state index contributed by atoms with van der Waals surface area (Å²) in [4.78, 5) is 11.6. The molecule has 4 rings (SSSR count). The fourth-order valence-corrected chi connectivity index (χ4v) is 3.27. The van der Waals surface area contributed by atoms with Crippen molar-refractivity contribution in [1.29, 1.82) is 5.26 Å². The molecule has 1 fully saturated rings. The van der Waals surface area contributed by atoms with Crippen LogP contribution in [0.3, 0.4) is 0 Å². The maximum absolute atomic E-state index is 9.75. The minimum atomic E-state index is -0.217. The van der Waals surface area contributed by atoms with Crippen LogP contribution in [0.15, 0.2) is 48.7 Å². The van der Waals surface area contributed by atoms with Gasteiger partial charge in [-0.3, -0.25) is 4.98 Å². The van der Waals surface area contributed by atoms with E-state index in [2.05, 4.69) is 22.0 Å². The summed E-state index contributed by atoms with van der Waals surface area (Å²) in [6.45, 7) is 1.58. The van der Waals surface area contributed by atoms with Gasteiger partial charge in [0.15, 0.2) is 0 Å². The zero-order valence-corrected chi connectivity index (χ0v) is 13.8. The number of nitriles is 1. The summed E-state index contributed by atoms with van der Waals surface area (Å²) in [6, 6.07) is 15.6. The Morgan fingerprint density at radius 3 is 2.76 bits per heavy atom. The van der Waals surface area contributed by atoms with Crippen molar-refractivity contribution in [2.24, 2.45) is 0 Å². The summed E-state index contributed by atoms with van der Waals surface area (Å²) in [6.07, 6.45) is 3.06. The van der Waals surface area contributed by atoms with Crippen molar-refractivity contribution in [3.63, 3.8) is 0 Å². The maximum Gasteiger partial charge on any atom is 0.130 e. The number of aliphatic hydroxyl groups excluding tert-OH is 1. The highest BCUT2D eigenvalue weighted by molar-refractivity contribution is 5.93. The fraction of sp³-hybridized carbons (Fsp3) is 0.250. The van der Waals surface area contributed by atoms with Crippen LogP contribution in [0, 0.1) is 11.3 Å². The third-order valence-corrected chi connectivity index (χ3v) is 4.63. The van der Waals surface area contributed by atoms with Gasteiger partial charge in [-0.1, -0.05) is 18.2 Å². The molecule has 0 bridgehead atoms. The molecule has 0 saturated carbocycles. The highest BCUT2D eigenvalue weighted by Crippen LogP contribution is 2.30. The van der Waals surface area contributed by atoms with E-state index in [1.54, 1.807) is 12.3 Å². The largest absolute Gasteiger partial charge is 0.393 e. The van der Waals surface area contributed by atoms with Crippen molar-refractivity contribution in [2.75, 3.05) is 18.0 Å². The predicted molar refractivity (Wildman–Crippen MR) is 97.1 cm³/mol. The first-order valence-corrected chi connectivity index (χ1v) is 8.44. The smallest absolute Gasteiger partial charge is 0.130 e. The highest BCUT2D eigenvalue weighted by Gasteiger charge is 2.20. The standard InChI is InChI=1S/C20H18N4O/c21-13-14-3-1-4-15(11-14)20-19-16(5-2-8-22-19)12-18(23-20)24-9-6-17(25)7-10-24/h1-5,8,11-12,17,25H,6-7,9-10H2. The lowest BCUT2D eigenvalue weighted by Gasteiger charge is -2.31. The van der Waals surface area contributed by atoms with Crippen LogP contribution < -0.4 is 4.90 Å². The average Bonchev–Trinajstić information content (AvgIpc) is 2.67. The van der Waals surface area contributed by atoms with Crippen molar-refractivity contribution in [3.8, 4) is 17.3 Å².